The Morgan fingerprint density at radius 2 is 1.83 bits per heavy atom. The summed E-state index contributed by atoms with van der Waals surface area (Å²) in [4.78, 5) is 9.09. The molecule has 1 aromatic heterocycles. The van der Waals surface area contributed by atoms with Crippen LogP contribution in [0.2, 0.25) is 10.0 Å². The molecule has 0 aliphatic heterocycles. The number of fused-ring (bicyclic) bond motifs is 1. The molecule has 1 atom stereocenters. The van der Waals surface area contributed by atoms with E-state index < -0.39 is 6.10 Å². The molecule has 24 heavy (non-hydrogen) atoms. The second kappa shape index (κ2) is 7.32. The molecule has 0 fully saturated rings. The largest absolute Gasteiger partial charge is 0.394 e. The molecular formula is C17H15Cl2N3O2. The van der Waals surface area contributed by atoms with Gasteiger partial charge in [0.2, 0.25) is 0 Å². The average Bonchev–Trinajstić information content (AvgIpc) is 2.61. The molecule has 0 radical (unpaired) electrons. The Balaban J connectivity index is 2.07. The Labute approximate surface area is 148 Å². The number of aliphatic hydroxyl groups is 2. The van der Waals surface area contributed by atoms with Gasteiger partial charge in [0.05, 0.1) is 28.3 Å². The summed E-state index contributed by atoms with van der Waals surface area (Å²) in [5.41, 5.74) is 1.50. The highest BCUT2D eigenvalue weighted by atomic mass is 35.5. The van der Waals surface area contributed by atoms with Crippen LogP contribution in [-0.2, 0) is 0 Å². The molecule has 0 aliphatic rings. The smallest absolute Gasteiger partial charge is 0.162 e. The Morgan fingerprint density at radius 1 is 1.04 bits per heavy atom. The van der Waals surface area contributed by atoms with Crippen molar-refractivity contribution in [1.82, 2.24) is 9.97 Å². The predicted octanol–water partition coefficient (Wildman–Crippen LogP) is 3.37. The van der Waals surface area contributed by atoms with Crippen molar-refractivity contribution in [2.45, 2.75) is 6.10 Å². The lowest BCUT2D eigenvalue weighted by Gasteiger charge is -2.13. The van der Waals surface area contributed by atoms with E-state index in [4.69, 9.17) is 28.3 Å². The van der Waals surface area contributed by atoms with Crippen molar-refractivity contribution in [1.29, 1.82) is 0 Å². The summed E-state index contributed by atoms with van der Waals surface area (Å²) < 4.78 is 0. The number of anilines is 1. The predicted molar refractivity (Wildman–Crippen MR) is 96.6 cm³/mol. The third kappa shape index (κ3) is 3.60. The summed E-state index contributed by atoms with van der Waals surface area (Å²) in [7, 11) is 0. The molecule has 3 N–H and O–H groups in total. The van der Waals surface area contributed by atoms with E-state index in [1.165, 1.54) is 0 Å². The van der Waals surface area contributed by atoms with Crippen LogP contribution >= 0.6 is 23.2 Å². The molecule has 0 amide bonds. The molecule has 2 aromatic carbocycles. The summed E-state index contributed by atoms with van der Waals surface area (Å²) in [6.07, 6.45) is -0.868. The maximum atomic E-state index is 9.56. The molecule has 1 heterocycles. The van der Waals surface area contributed by atoms with E-state index >= 15 is 0 Å². The van der Waals surface area contributed by atoms with Gasteiger partial charge in [0.15, 0.2) is 5.82 Å². The summed E-state index contributed by atoms with van der Waals surface area (Å²) >= 11 is 12.0. The maximum absolute atomic E-state index is 9.56. The summed E-state index contributed by atoms with van der Waals surface area (Å²) in [5.74, 6) is 1.07. The zero-order valence-electron chi connectivity index (χ0n) is 12.6. The van der Waals surface area contributed by atoms with Crippen molar-refractivity contribution in [3.63, 3.8) is 0 Å². The van der Waals surface area contributed by atoms with Crippen LogP contribution in [0.1, 0.15) is 0 Å². The highest BCUT2D eigenvalue weighted by Gasteiger charge is 2.11. The van der Waals surface area contributed by atoms with Gasteiger partial charge < -0.3 is 15.5 Å². The first-order valence-corrected chi connectivity index (χ1v) is 8.09. The van der Waals surface area contributed by atoms with E-state index in [2.05, 4.69) is 15.3 Å². The number of aliphatic hydroxyl groups excluding tert-OH is 2. The van der Waals surface area contributed by atoms with E-state index in [0.29, 0.717) is 21.7 Å². The molecule has 0 spiro atoms. The molecule has 0 saturated carbocycles. The monoisotopic (exact) mass is 363 g/mol. The van der Waals surface area contributed by atoms with Gasteiger partial charge in [0, 0.05) is 17.5 Å². The van der Waals surface area contributed by atoms with Crippen LogP contribution in [0.4, 0.5) is 5.82 Å². The number of nitrogens with zero attached hydrogens (tertiary/aromatic N) is 2. The minimum atomic E-state index is -0.868. The third-order valence-corrected chi connectivity index (χ3v) is 4.24. The number of hydrogen-bond donors (Lipinski definition) is 3. The number of para-hydroxylation sites is 1. The minimum Gasteiger partial charge on any atom is -0.394 e. The zero-order chi connectivity index (χ0) is 17.1. The van der Waals surface area contributed by atoms with Crippen LogP contribution in [0.25, 0.3) is 22.3 Å². The number of halogens is 2. The van der Waals surface area contributed by atoms with E-state index in [1.54, 1.807) is 18.2 Å². The fourth-order valence-corrected chi connectivity index (χ4v) is 2.55. The fourth-order valence-electron chi connectivity index (χ4n) is 2.25. The summed E-state index contributed by atoms with van der Waals surface area (Å²) in [5, 5.41) is 23.3. The summed E-state index contributed by atoms with van der Waals surface area (Å²) in [6.45, 7) is -0.145. The zero-order valence-corrected chi connectivity index (χ0v) is 14.1. The van der Waals surface area contributed by atoms with E-state index in [0.717, 1.165) is 16.5 Å². The van der Waals surface area contributed by atoms with Crippen LogP contribution in [0.3, 0.4) is 0 Å². The fraction of sp³-hybridized carbons (Fsp3) is 0.176. The van der Waals surface area contributed by atoms with Crippen molar-refractivity contribution in [3.8, 4) is 11.4 Å². The molecule has 3 aromatic rings. The Kier molecular flexibility index (Phi) is 5.16. The Bertz CT molecular complexity index is 874. The molecular weight excluding hydrogens is 349 g/mol. The number of hydrogen-bond acceptors (Lipinski definition) is 5. The van der Waals surface area contributed by atoms with Crippen LogP contribution in [0.15, 0.2) is 42.5 Å². The molecule has 0 saturated heterocycles. The van der Waals surface area contributed by atoms with Crippen molar-refractivity contribution in [3.05, 3.63) is 52.5 Å². The van der Waals surface area contributed by atoms with E-state index in [9.17, 15) is 5.11 Å². The standard InChI is InChI=1S/C17H15Cl2N3O2/c18-13-6-5-10(7-14(13)19)16-21-15-4-2-1-3-12(15)17(22-16)20-8-11(24)9-23/h1-7,11,23-24H,8-9H2,(H,20,21,22). The van der Waals surface area contributed by atoms with Crippen LogP contribution in [0.5, 0.6) is 0 Å². The van der Waals surface area contributed by atoms with Gasteiger partial charge >= 0.3 is 0 Å². The second-order valence-corrected chi connectivity index (χ2v) is 6.07. The lowest BCUT2D eigenvalue weighted by molar-refractivity contribution is 0.105. The molecule has 124 valence electrons. The number of benzene rings is 2. The van der Waals surface area contributed by atoms with Gasteiger partial charge in [-0.3, -0.25) is 0 Å². The first-order valence-electron chi connectivity index (χ1n) is 7.33. The van der Waals surface area contributed by atoms with Gasteiger partial charge in [-0.25, -0.2) is 9.97 Å². The van der Waals surface area contributed by atoms with Crippen LogP contribution < -0.4 is 5.32 Å². The van der Waals surface area contributed by atoms with Crippen molar-refractivity contribution < 1.29 is 10.2 Å². The topological polar surface area (TPSA) is 78.3 Å². The van der Waals surface area contributed by atoms with Crippen molar-refractivity contribution in [2.24, 2.45) is 0 Å². The minimum absolute atomic E-state index is 0.179. The second-order valence-electron chi connectivity index (χ2n) is 5.26. The van der Waals surface area contributed by atoms with E-state index in [-0.39, 0.29) is 13.2 Å². The number of nitrogens with one attached hydrogen (secondary N) is 1. The van der Waals surface area contributed by atoms with Crippen molar-refractivity contribution >= 4 is 39.9 Å². The van der Waals surface area contributed by atoms with Crippen molar-refractivity contribution in [2.75, 3.05) is 18.5 Å². The molecule has 5 nitrogen and oxygen atoms in total. The first-order chi connectivity index (χ1) is 11.6. The van der Waals surface area contributed by atoms with Gasteiger partial charge in [-0.05, 0) is 30.3 Å². The van der Waals surface area contributed by atoms with Gasteiger partial charge in [0.25, 0.3) is 0 Å². The van der Waals surface area contributed by atoms with Crippen LogP contribution in [0, 0.1) is 0 Å². The molecule has 0 aliphatic carbocycles. The van der Waals surface area contributed by atoms with Gasteiger partial charge in [0.1, 0.15) is 5.82 Å². The quantitative estimate of drug-likeness (QED) is 0.647. The van der Waals surface area contributed by atoms with Gasteiger partial charge in [-0.1, -0.05) is 35.3 Å². The molecule has 0 bridgehead atoms. The molecule has 1 unspecified atom stereocenters. The van der Waals surface area contributed by atoms with Crippen LogP contribution in [-0.4, -0.2) is 39.4 Å². The molecule has 7 heteroatoms. The highest BCUT2D eigenvalue weighted by molar-refractivity contribution is 6.42. The first kappa shape index (κ1) is 16.9. The summed E-state index contributed by atoms with van der Waals surface area (Å²) in [6, 6.07) is 12.7. The number of rotatable bonds is 5. The average molecular weight is 364 g/mol. The van der Waals surface area contributed by atoms with E-state index in [1.807, 2.05) is 24.3 Å². The number of aromatic nitrogens is 2. The maximum Gasteiger partial charge on any atom is 0.162 e. The molecule has 3 rings (SSSR count). The lowest BCUT2D eigenvalue weighted by Crippen LogP contribution is -2.23. The lowest BCUT2D eigenvalue weighted by atomic mass is 10.2. The van der Waals surface area contributed by atoms with Gasteiger partial charge in [-0.15, -0.1) is 0 Å². The Hall–Kier alpha value is -1.92. The Morgan fingerprint density at radius 3 is 2.58 bits per heavy atom. The highest BCUT2D eigenvalue weighted by Crippen LogP contribution is 2.29. The normalized spacial score (nSPS) is 12.3. The van der Waals surface area contributed by atoms with Gasteiger partial charge in [-0.2, -0.15) is 0 Å². The SMILES string of the molecule is OCC(O)CNc1nc(-c2ccc(Cl)c(Cl)c2)nc2ccccc12. The third-order valence-electron chi connectivity index (χ3n) is 3.50.